The highest BCUT2D eigenvalue weighted by molar-refractivity contribution is 6.30. The molecular weight excluding hydrogens is 380 g/mol. The van der Waals surface area contributed by atoms with Crippen LogP contribution in [0.1, 0.15) is 12.5 Å². The first-order chi connectivity index (χ1) is 12.8. The lowest BCUT2D eigenvalue weighted by Gasteiger charge is -2.25. The van der Waals surface area contributed by atoms with E-state index in [0.29, 0.717) is 17.2 Å². The van der Waals surface area contributed by atoms with Crippen LogP contribution in [0.4, 0.5) is 14.5 Å². The van der Waals surface area contributed by atoms with E-state index in [9.17, 15) is 18.4 Å². The SMILES string of the molecule is C[C@@H](OC(=O)[C@@H]1COc2ccc(Cl)cc2C1)C(=O)Nc1c(F)cccc1F. The molecule has 5 nitrogen and oxygen atoms in total. The van der Waals surface area contributed by atoms with Gasteiger partial charge in [0.05, 0.1) is 5.92 Å². The van der Waals surface area contributed by atoms with E-state index in [1.807, 2.05) is 0 Å². The van der Waals surface area contributed by atoms with Gasteiger partial charge in [0.2, 0.25) is 0 Å². The van der Waals surface area contributed by atoms with E-state index in [-0.39, 0.29) is 6.61 Å². The van der Waals surface area contributed by atoms with Crippen molar-refractivity contribution in [2.75, 3.05) is 11.9 Å². The third kappa shape index (κ3) is 4.36. The summed E-state index contributed by atoms with van der Waals surface area (Å²) in [7, 11) is 0. The molecule has 0 aliphatic carbocycles. The lowest BCUT2D eigenvalue weighted by molar-refractivity contribution is -0.158. The van der Waals surface area contributed by atoms with Crippen LogP contribution in [0.5, 0.6) is 5.75 Å². The maximum absolute atomic E-state index is 13.6. The molecule has 0 spiro atoms. The molecule has 1 amide bonds. The van der Waals surface area contributed by atoms with E-state index in [0.717, 1.165) is 17.7 Å². The summed E-state index contributed by atoms with van der Waals surface area (Å²) in [4.78, 5) is 24.4. The summed E-state index contributed by atoms with van der Waals surface area (Å²) >= 11 is 5.95. The second kappa shape index (κ2) is 7.92. The molecule has 2 atom stereocenters. The van der Waals surface area contributed by atoms with Gasteiger partial charge in [-0.1, -0.05) is 17.7 Å². The van der Waals surface area contributed by atoms with Gasteiger partial charge in [0, 0.05) is 5.02 Å². The van der Waals surface area contributed by atoms with Gasteiger partial charge in [-0.25, -0.2) is 8.78 Å². The van der Waals surface area contributed by atoms with Gasteiger partial charge in [-0.05, 0) is 49.2 Å². The Morgan fingerprint density at radius 2 is 1.96 bits per heavy atom. The summed E-state index contributed by atoms with van der Waals surface area (Å²) in [6, 6.07) is 8.31. The van der Waals surface area contributed by atoms with Crippen molar-refractivity contribution < 1.29 is 27.8 Å². The molecule has 0 radical (unpaired) electrons. The predicted molar refractivity (Wildman–Crippen MR) is 94.7 cm³/mol. The number of rotatable bonds is 4. The number of carbonyl (C=O) groups excluding carboxylic acids is 2. The van der Waals surface area contributed by atoms with Crippen molar-refractivity contribution in [2.24, 2.45) is 5.92 Å². The van der Waals surface area contributed by atoms with E-state index in [4.69, 9.17) is 21.1 Å². The van der Waals surface area contributed by atoms with Gasteiger partial charge in [0.15, 0.2) is 6.10 Å². The maximum Gasteiger partial charge on any atom is 0.313 e. The molecule has 0 aromatic heterocycles. The van der Waals surface area contributed by atoms with Crippen LogP contribution in [0.15, 0.2) is 36.4 Å². The number of hydrogen-bond donors (Lipinski definition) is 1. The zero-order valence-corrected chi connectivity index (χ0v) is 15.1. The molecule has 0 fully saturated rings. The Morgan fingerprint density at radius 3 is 2.67 bits per heavy atom. The van der Waals surface area contributed by atoms with Gasteiger partial charge in [-0.3, -0.25) is 9.59 Å². The zero-order chi connectivity index (χ0) is 19.6. The van der Waals surface area contributed by atoms with Gasteiger partial charge >= 0.3 is 5.97 Å². The molecule has 27 heavy (non-hydrogen) atoms. The van der Waals surface area contributed by atoms with Crippen molar-refractivity contribution in [3.63, 3.8) is 0 Å². The average Bonchev–Trinajstić information content (AvgIpc) is 2.63. The molecular formula is C19H16ClF2NO4. The van der Waals surface area contributed by atoms with Crippen molar-refractivity contribution in [1.82, 2.24) is 0 Å². The van der Waals surface area contributed by atoms with E-state index < -0.39 is 41.2 Å². The van der Waals surface area contributed by atoms with Crippen molar-refractivity contribution >= 4 is 29.2 Å². The molecule has 0 saturated carbocycles. The monoisotopic (exact) mass is 395 g/mol. The van der Waals surface area contributed by atoms with Gasteiger partial charge in [0.25, 0.3) is 5.91 Å². The van der Waals surface area contributed by atoms with Crippen LogP contribution in [-0.2, 0) is 20.7 Å². The van der Waals surface area contributed by atoms with E-state index in [2.05, 4.69) is 5.32 Å². The molecule has 0 saturated heterocycles. The molecule has 1 aliphatic heterocycles. The number of carbonyl (C=O) groups is 2. The third-order valence-corrected chi connectivity index (χ3v) is 4.37. The fourth-order valence-corrected chi connectivity index (χ4v) is 2.88. The van der Waals surface area contributed by atoms with Crippen molar-refractivity contribution in [1.29, 1.82) is 0 Å². The molecule has 8 heteroatoms. The number of esters is 1. The summed E-state index contributed by atoms with van der Waals surface area (Å²) in [5.74, 6) is -3.29. The van der Waals surface area contributed by atoms with Gasteiger partial charge < -0.3 is 14.8 Å². The van der Waals surface area contributed by atoms with Gasteiger partial charge in [0.1, 0.15) is 29.7 Å². The maximum atomic E-state index is 13.6. The fraction of sp³-hybridized carbons (Fsp3) is 0.263. The number of ether oxygens (including phenoxy) is 2. The second-order valence-corrected chi connectivity index (χ2v) is 6.57. The summed E-state index contributed by atoms with van der Waals surface area (Å²) < 4.78 is 37.9. The van der Waals surface area contributed by atoms with E-state index >= 15 is 0 Å². The smallest absolute Gasteiger partial charge is 0.313 e. The Kier molecular flexibility index (Phi) is 5.60. The first kappa shape index (κ1) is 19.1. The quantitative estimate of drug-likeness (QED) is 0.801. The zero-order valence-electron chi connectivity index (χ0n) is 14.3. The van der Waals surface area contributed by atoms with E-state index in [1.165, 1.54) is 13.0 Å². The molecule has 3 rings (SSSR count). The topological polar surface area (TPSA) is 64.6 Å². The molecule has 1 aliphatic rings. The number of hydrogen-bond acceptors (Lipinski definition) is 4. The number of fused-ring (bicyclic) bond motifs is 1. The summed E-state index contributed by atoms with van der Waals surface area (Å²) in [5.41, 5.74) is 0.177. The predicted octanol–water partition coefficient (Wildman–Crippen LogP) is 3.74. The Hall–Kier alpha value is -2.67. The largest absolute Gasteiger partial charge is 0.492 e. The number of halogens is 3. The van der Waals surface area contributed by atoms with Crippen LogP contribution in [0.3, 0.4) is 0 Å². The molecule has 1 N–H and O–H groups in total. The Balaban J connectivity index is 1.61. The minimum atomic E-state index is -1.24. The van der Waals surface area contributed by atoms with Crippen molar-refractivity contribution in [3.05, 3.63) is 58.6 Å². The second-order valence-electron chi connectivity index (χ2n) is 6.13. The minimum absolute atomic E-state index is 0.101. The molecule has 0 unspecified atom stereocenters. The number of anilines is 1. The van der Waals surface area contributed by atoms with Crippen molar-refractivity contribution in [2.45, 2.75) is 19.4 Å². The lowest BCUT2D eigenvalue weighted by Crippen LogP contribution is -2.36. The summed E-state index contributed by atoms with van der Waals surface area (Å²) in [6.07, 6.45) is -0.886. The first-order valence-electron chi connectivity index (χ1n) is 8.21. The van der Waals surface area contributed by atoms with Crippen LogP contribution >= 0.6 is 11.6 Å². The van der Waals surface area contributed by atoms with Crippen LogP contribution in [0.25, 0.3) is 0 Å². The van der Waals surface area contributed by atoms with Crippen LogP contribution in [0.2, 0.25) is 5.02 Å². The molecule has 1 heterocycles. The molecule has 142 valence electrons. The molecule has 2 aromatic carbocycles. The first-order valence-corrected chi connectivity index (χ1v) is 8.59. The normalized spacial score (nSPS) is 16.7. The average molecular weight is 396 g/mol. The van der Waals surface area contributed by atoms with Crippen molar-refractivity contribution in [3.8, 4) is 5.75 Å². The van der Waals surface area contributed by atoms with Crippen LogP contribution in [0, 0.1) is 17.6 Å². The van der Waals surface area contributed by atoms with Gasteiger partial charge in [-0.15, -0.1) is 0 Å². The van der Waals surface area contributed by atoms with Crippen LogP contribution < -0.4 is 10.1 Å². The number of benzene rings is 2. The lowest BCUT2D eigenvalue weighted by atomic mass is 9.97. The number of para-hydroxylation sites is 1. The minimum Gasteiger partial charge on any atom is -0.492 e. The highest BCUT2D eigenvalue weighted by Crippen LogP contribution is 2.30. The molecule has 0 bridgehead atoms. The summed E-state index contributed by atoms with van der Waals surface area (Å²) in [6.45, 7) is 1.42. The summed E-state index contributed by atoms with van der Waals surface area (Å²) in [5, 5.41) is 2.61. The Morgan fingerprint density at radius 1 is 1.26 bits per heavy atom. The van der Waals surface area contributed by atoms with E-state index in [1.54, 1.807) is 18.2 Å². The highest BCUT2D eigenvalue weighted by Gasteiger charge is 2.30. The Bertz CT molecular complexity index is 870. The fourth-order valence-electron chi connectivity index (χ4n) is 2.68. The van der Waals surface area contributed by atoms with Gasteiger partial charge in [-0.2, -0.15) is 0 Å². The Labute approximate surface area is 159 Å². The number of nitrogens with one attached hydrogen (secondary N) is 1. The number of amides is 1. The van der Waals surface area contributed by atoms with Crippen LogP contribution in [-0.4, -0.2) is 24.6 Å². The highest BCUT2D eigenvalue weighted by atomic mass is 35.5. The standard InChI is InChI=1S/C19H16ClF2NO4/c1-10(18(24)23-17-14(21)3-2-4-15(17)22)27-19(25)12-7-11-8-13(20)5-6-16(11)26-9-12/h2-6,8,10,12H,7,9H2,1H3,(H,23,24)/t10-,12+/m1/s1. The third-order valence-electron chi connectivity index (χ3n) is 4.14. The molecule has 2 aromatic rings.